The van der Waals surface area contributed by atoms with Crippen molar-refractivity contribution >= 4 is 23.1 Å². The van der Waals surface area contributed by atoms with Crippen LogP contribution in [0.15, 0.2) is 24.7 Å². The Morgan fingerprint density at radius 1 is 1.15 bits per heavy atom. The molecule has 0 atom stereocenters. The van der Waals surface area contributed by atoms with E-state index in [-0.39, 0.29) is 29.8 Å². The molecular formula is C23H29F2N7O2. The molecule has 0 unspecified atom stereocenters. The molecule has 11 heteroatoms. The molecule has 9 nitrogen and oxygen atoms in total. The summed E-state index contributed by atoms with van der Waals surface area (Å²) in [7, 11) is 0. The zero-order valence-electron chi connectivity index (χ0n) is 18.8. The molecule has 34 heavy (non-hydrogen) atoms. The van der Waals surface area contributed by atoms with Gasteiger partial charge in [-0.05, 0) is 50.0 Å². The van der Waals surface area contributed by atoms with E-state index in [4.69, 9.17) is 0 Å². The lowest BCUT2D eigenvalue weighted by molar-refractivity contribution is 0.102. The van der Waals surface area contributed by atoms with Gasteiger partial charge in [-0.1, -0.05) is 12.8 Å². The van der Waals surface area contributed by atoms with E-state index in [9.17, 15) is 18.7 Å². The molecule has 3 heterocycles. The minimum atomic E-state index is -2.83. The Morgan fingerprint density at radius 2 is 1.91 bits per heavy atom. The van der Waals surface area contributed by atoms with Crippen molar-refractivity contribution in [2.24, 2.45) is 11.8 Å². The summed E-state index contributed by atoms with van der Waals surface area (Å²) in [5.74, 6) is 0.777. The molecular weight excluding hydrogens is 444 g/mol. The smallest absolute Gasteiger partial charge is 0.284 e. The summed E-state index contributed by atoms with van der Waals surface area (Å²) in [6.07, 6.45) is 8.48. The Labute approximate surface area is 195 Å². The number of alkyl halides is 2. The molecule has 3 aromatic rings. The summed E-state index contributed by atoms with van der Waals surface area (Å²) in [4.78, 5) is 17.6. The Morgan fingerprint density at radius 3 is 2.62 bits per heavy atom. The van der Waals surface area contributed by atoms with Crippen LogP contribution in [0.1, 0.15) is 73.5 Å². The van der Waals surface area contributed by atoms with Gasteiger partial charge < -0.3 is 15.7 Å². The summed E-state index contributed by atoms with van der Waals surface area (Å²) in [6.45, 7) is 0.811. The fourth-order valence-electron chi connectivity index (χ4n) is 4.65. The van der Waals surface area contributed by atoms with Gasteiger partial charge in [-0.25, -0.2) is 18.3 Å². The molecule has 0 radical (unpaired) electrons. The molecule has 2 aliphatic carbocycles. The lowest BCUT2D eigenvalue weighted by atomic mass is 9.87. The summed E-state index contributed by atoms with van der Waals surface area (Å²) in [5.41, 5.74) is 0.101. The number of hydrogen-bond donors (Lipinski definition) is 3. The van der Waals surface area contributed by atoms with Crippen LogP contribution in [-0.2, 0) is 0 Å². The van der Waals surface area contributed by atoms with Gasteiger partial charge in [-0.2, -0.15) is 5.10 Å². The van der Waals surface area contributed by atoms with Crippen molar-refractivity contribution in [2.45, 2.75) is 57.4 Å². The SMILES string of the molecule is O=C(Nc1cn(C2CCC(CO)CC2)nc1C(F)F)c1c(NCCC2CC2)nn2cccnc12. The van der Waals surface area contributed by atoms with Crippen molar-refractivity contribution in [1.29, 1.82) is 0 Å². The second-order valence-electron chi connectivity index (χ2n) is 9.29. The largest absolute Gasteiger partial charge is 0.396 e. The molecule has 2 fully saturated rings. The molecule has 0 aromatic carbocycles. The summed E-state index contributed by atoms with van der Waals surface area (Å²) in [6, 6.07) is 1.67. The third-order valence-corrected chi connectivity index (χ3v) is 6.83. The Kier molecular flexibility index (Phi) is 6.44. The lowest BCUT2D eigenvalue weighted by Crippen LogP contribution is -2.20. The third kappa shape index (κ3) is 4.75. The average Bonchev–Trinajstić information content (AvgIpc) is 3.44. The van der Waals surface area contributed by atoms with Crippen molar-refractivity contribution < 1.29 is 18.7 Å². The van der Waals surface area contributed by atoms with E-state index in [1.807, 2.05) is 0 Å². The number of halogens is 2. The van der Waals surface area contributed by atoms with Crippen molar-refractivity contribution in [2.75, 3.05) is 23.8 Å². The number of rotatable bonds is 9. The van der Waals surface area contributed by atoms with E-state index in [1.54, 1.807) is 18.5 Å². The van der Waals surface area contributed by atoms with Gasteiger partial charge in [-0.15, -0.1) is 5.10 Å². The molecule has 3 N–H and O–H groups in total. The number of aliphatic hydroxyl groups is 1. The average molecular weight is 474 g/mol. The molecule has 0 spiro atoms. The first-order valence-electron chi connectivity index (χ1n) is 11.9. The van der Waals surface area contributed by atoms with Crippen LogP contribution in [0, 0.1) is 11.8 Å². The van der Waals surface area contributed by atoms with Gasteiger partial charge in [0, 0.05) is 31.7 Å². The number of carbonyl (C=O) groups is 1. The Hall–Kier alpha value is -3.08. The molecule has 0 saturated heterocycles. The second kappa shape index (κ2) is 9.65. The topological polar surface area (TPSA) is 109 Å². The monoisotopic (exact) mass is 473 g/mol. The predicted molar refractivity (Wildman–Crippen MR) is 122 cm³/mol. The van der Waals surface area contributed by atoms with E-state index < -0.39 is 18.0 Å². The highest BCUT2D eigenvalue weighted by Gasteiger charge is 2.28. The number of carbonyl (C=O) groups excluding carboxylic acids is 1. The van der Waals surface area contributed by atoms with Crippen LogP contribution < -0.4 is 10.6 Å². The van der Waals surface area contributed by atoms with E-state index in [1.165, 1.54) is 28.2 Å². The standard InChI is InChI=1S/C23H29F2N7O2/c24-20(25)19-17(12-32(29-19)16-6-4-15(13-33)5-7-16)28-23(34)18-21(26-10-8-14-2-3-14)30-31-11-1-9-27-22(18)31/h1,9,11-12,14-16,20,33H,2-8,10,13H2,(H,26,30)(H,28,34). The van der Waals surface area contributed by atoms with Gasteiger partial charge in [0.2, 0.25) is 0 Å². The maximum absolute atomic E-state index is 13.8. The second-order valence-corrected chi connectivity index (χ2v) is 9.29. The number of amides is 1. The summed E-state index contributed by atoms with van der Waals surface area (Å²) in [5, 5.41) is 23.8. The van der Waals surface area contributed by atoms with E-state index in [2.05, 4.69) is 25.8 Å². The number of anilines is 2. The van der Waals surface area contributed by atoms with Crippen molar-refractivity contribution in [1.82, 2.24) is 24.4 Å². The summed E-state index contributed by atoms with van der Waals surface area (Å²) < 4.78 is 30.6. The number of aromatic nitrogens is 5. The highest BCUT2D eigenvalue weighted by molar-refractivity contribution is 6.12. The van der Waals surface area contributed by atoms with Crippen LogP contribution >= 0.6 is 0 Å². The molecule has 182 valence electrons. The van der Waals surface area contributed by atoms with Gasteiger partial charge in [-0.3, -0.25) is 9.48 Å². The molecule has 0 bridgehead atoms. The number of nitrogens with one attached hydrogen (secondary N) is 2. The first-order valence-corrected chi connectivity index (χ1v) is 11.9. The van der Waals surface area contributed by atoms with E-state index in [0.29, 0.717) is 23.9 Å². The van der Waals surface area contributed by atoms with Gasteiger partial charge in [0.05, 0.1) is 11.7 Å². The number of fused-ring (bicyclic) bond motifs is 1. The Bertz CT molecular complexity index is 1150. The fraction of sp³-hybridized carbons (Fsp3) is 0.565. The first kappa shape index (κ1) is 22.7. The van der Waals surface area contributed by atoms with Crippen LogP contribution in [-0.4, -0.2) is 48.5 Å². The molecule has 2 aliphatic rings. The molecule has 5 rings (SSSR count). The van der Waals surface area contributed by atoms with Crippen LogP contribution in [0.5, 0.6) is 0 Å². The molecule has 1 amide bonds. The van der Waals surface area contributed by atoms with E-state index in [0.717, 1.165) is 32.1 Å². The fourth-order valence-corrected chi connectivity index (χ4v) is 4.65. The quantitative estimate of drug-likeness (QED) is 0.433. The number of hydrogen-bond acceptors (Lipinski definition) is 6. The minimum absolute atomic E-state index is 0.0107. The zero-order valence-corrected chi connectivity index (χ0v) is 18.8. The normalized spacial score (nSPS) is 20.7. The highest BCUT2D eigenvalue weighted by atomic mass is 19.3. The number of aliphatic hydroxyl groups excluding tert-OH is 1. The van der Waals surface area contributed by atoms with Crippen molar-refractivity contribution in [3.63, 3.8) is 0 Å². The maximum atomic E-state index is 13.8. The Balaban J connectivity index is 1.38. The van der Waals surface area contributed by atoms with Gasteiger partial charge in [0.15, 0.2) is 17.2 Å². The van der Waals surface area contributed by atoms with Crippen LogP contribution in [0.25, 0.3) is 5.65 Å². The molecule has 0 aliphatic heterocycles. The van der Waals surface area contributed by atoms with Crippen LogP contribution in [0.3, 0.4) is 0 Å². The zero-order chi connectivity index (χ0) is 23.7. The number of nitrogens with zero attached hydrogens (tertiary/aromatic N) is 5. The molecule has 2 saturated carbocycles. The third-order valence-electron chi connectivity index (χ3n) is 6.83. The van der Waals surface area contributed by atoms with Crippen molar-refractivity contribution in [3.05, 3.63) is 35.9 Å². The minimum Gasteiger partial charge on any atom is -0.396 e. The highest BCUT2D eigenvalue weighted by Crippen LogP contribution is 2.35. The lowest BCUT2D eigenvalue weighted by Gasteiger charge is -2.27. The van der Waals surface area contributed by atoms with Crippen LogP contribution in [0.2, 0.25) is 0 Å². The van der Waals surface area contributed by atoms with Crippen molar-refractivity contribution in [3.8, 4) is 0 Å². The van der Waals surface area contributed by atoms with E-state index >= 15 is 0 Å². The molecule has 3 aromatic heterocycles. The first-order chi connectivity index (χ1) is 16.5. The van der Waals surface area contributed by atoms with Gasteiger partial charge in [0.25, 0.3) is 12.3 Å². The maximum Gasteiger partial charge on any atom is 0.284 e. The van der Waals surface area contributed by atoms with Crippen LogP contribution in [0.4, 0.5) is 20.3 Å². The van der Waals surface area contributed by atoms with Gasteiger partial charge >= 0.3 is 0 Å². The van der Waals surface area contributed by atoms with Gasteiger partial charge in [0.1, 0.15) is 5.56 Å². The summed E-state index contributed by atoms with van der Waals surface area (Å²) >= 11 is 0. The predicted octanol–water partition coefficient (Wildman–Crippen LogP) is 4.05.